The van der Waals surface area contributed by atoms with Gasteiger partial charge in [0.25, 0.3) is 0 Å². The third-order valence-electron chi connectivity index (χ3n) is 10.5. The van der Waals surface area contributed by atoms with Crippen molar-refractivity contribution < 1.29 is 0 Å². The highest BCUT2D eigenvalue weighted by molar-refractivity contribution is 6.10. The van der Waals surface area contributed by atoms with Crippen LogP contribution < -0.4 is 0 Å². The zero-order chi connectivity index (χ0) is 33.0. The highest BCUT2D eigenvalue weighted by Gasteiger charge is 2.23. The number of benzene rings is 7. The first-order valence-corrected chi connectivity index (χ1v) is 17.5. The first kappa shape index (κ1) is 28.6. The fourth-order valence-electron chi connectivity index (χ4n) is 8.10. The lowest BCUT2D eigenvalue weighted by Gasteiger charge is -2.20. The quantitative estimate of drug-likeness (QED) is 0.178. The predicted octanol–water partition coefficient (Wildman–Crippen LogP) is 12.4. The number of rotatable bonds is 5. The monoisotopic (exact) mass is 638 g/mol. The average Bonchev–Trinajstić information content (AvgIpc) is 3.71. The molecule has 2 nitrogen and oxygen atoms in total. The van der Waals surface area contributed by atoms with E-state index in [0.29, 0.717) is 5.92 Å². The molecule has 0 radical (unpaired) electrons. The minimum Gasteiger partial charge on any atom is -0.310 e. The van der Waals surface area contributed by atoms with Crippen molar-refractivity contribution in [3.05, 3.63) is 199 Å². The van der Waals surface area contributed by atoms with E-state index in [1.807, 2.05) is 0 Å². The van der Waals surface area contributed by atoms with Crippen molar-refractivity contribution in [2.75, 3.05) is 0 Å². The summed E-state index contributed by atoms with van der Waals surface area (Å²) in [5.74, 6) is 0.336. The first-order valence-electron chi connectivity index (χ1n) is 17.5. The van der Waals surface area contributed by atoms with Gasteiger partial charge in [-0.3, -0.25) is 0 Å². The Morgan fingerprint density at radius 2 is 0.960 bits per heavy atom. The van der Waals surface area contributed by atoms with E-state index in [-0.39, 0.29) is 0 Å². The molecule has 2 heteroatoms. The highest BCUT2D eigenvalue weighted by atomic mass is 15.0. The van der Waals surface area contributed by atoms with E-state index in [1.54, 1.807) is 0 Å². The number of aromatic nitrogens is 2. The molecule has 0 spiro atoms. The summed E-state index contributed by atoms with van der Waals surface area (Å²) in [4.78, 5) is 0. The Labute approximate surface area is 291 Å². The molecular weight excluding hydrogens is 605 g/mol. The van der Waals surface area contributed by atoms with Gasteiger partial charge in [-0.05, 0) is 100 Å². The third-order valence-corrected chi connectivity index (χ3v) is 10.5. The number of allylic oxidation sites excluding steroid dienone is 1. The number of hydrogen-bond donors (Lipinski definition) is 0. The zero-order valence-electron chi connectivity index (χ0n) is 27.6. The van der Waals surface area contributed by atoms with Crippen LogP contribution in [0.2, 0.25) is 0 Å². The van der Waals surface area contributed by atoms with Gasteiger partial charge in [0.15, 0.2) is 0 Å². The second kappa shape index (κ2) is 11.6. The molecule has 9 aromatic rings. The molecule has 1 unspecified atom stereocenters. The molecule has 236 valence electrons. The molecule has 7 aromatic carbocycles. The van der Waals surface area contributed by atoms with Gasteiger partial charge in [0.1, 0.15) is 0 Å². The van der Waals surface area contributed by atoms with Gasteiger partial charge < -0.3 is 9.13 Å². The topological polar surface area (TPSA) is 9.86 Å². The maximum absolute atomic E-state index is 2.41. The maximum atomic E-state index is 2.41. The molecule has 0 aliphatic heterocycles. The van der Waals surface area contributed by atoms with Crippen molar-refractivity contribution in [1.29, 1.82) is 0 Å². The Balaban J connectivity index is 0.966. The third kappa shape index (κ3) is 4.64. The summed E-state index contributed by atoms with van der Waals surface area (Å²) in [6.07, 6.45) is 5.72. The van der Waals surface area contributed by atoms with E-state index in [4.69, 9.17) is 0 Å². The van der Waals surface area contributed by atoms with Crippen molar-refractivity contribution in [2.45, 2.75) is 12.3 Å². The van der Waals surface area contributed by atoms with Crippen molar-refractivity contribution >= 4 is 38.8 Å². The van der Waals surface area contributed by atoms with Crippen LogP contribution in [0.1, 0.15) is 22.7 Å². The average molecular weight is 639 g/mol. The van der Waals surface area contributed by atoms with Gasteiger partial charge in [0.05, 0.1) is 16.6 Å². The zero-order valence-corrected chi connectivity index (χ0v) is 27.6. The van der Waals surface area contributed by atoms with Gasteiger partial charge in [0, 0.05) is 39.1 Å². The molecule has 2 aromatic heterocycles. The van der Waals surface area contributed by atoms with Gasteiger partial charge in [-0.1, -0.05) is 127 Å². The van der Waals surface area contributed by atoms with Crippen molar-refractivity contribution in [1.82, 2.24) is 9.13 Å². The second-order valence-electron chi connectivity index (χ2n) is 13.3. The second-order valence-corrected chi connectivity index (χ2v) is 13.3. The molecule has 0 bridgehead atoms. The Bertz CT molecular complexity index is 2710. The molecule has 2 heterocycles. The number of para-hydroxylation sites is 4. The Morgan fingerprint density at radius 1 is 0.400 bits per heavy atom. The van der Waals surface area contributed by atoms with Crippen LogP contribution in [-0.2, 0) is 6.42 Å². The maximum Gasteiger partial charge on any atom is 0.0541 e. The van der Waals surface area contributed by atoms with Crippen LogP contribution in [0.15, 0.2) is 182 Å². The standard InChI is InChI=1S/C48H34N2/c1-3-14-39(15-4-1)49-45-20-9-7-18-41(45)43-31-37(26-28-47(43)49)34-24-22-33(23-25-34)35-12-11-13-36(30-35)38-27-29-48-44(32-38)42-19-8-10-21-46(42)50(48)40-16-5-2-6-17-40/h1-30,32,37H,31H2. The van der Waals surface area contributed by atoms with Crippen LogP contribution in [0.4, 0.5) is 0 Å². The molecule has 1 aliphatic rings. The molecule has 0 N–H and O–H groups in total. The Hall–Kier alpha value is -6.38. The van der Waals surface area contributed by atoms with Crippen molar-refractivity contribution in [3.63, 3.8) is 0 Å². The van der Waals surface area contributed by atoms with E-state index in [0.717, 1.165) is 6.42 Å². The van der Waals surface area contributed by atoms with Crippen molar-refractivity contribution in [2.24, 2.45) is 0 Å². The van der Waals surface area contributed by atoms with Crippen molar-refractivity contribution in [3.8, 4) is 33.6 Å². The summed E-state index contributed by atoms with van der Waals surface area (Å²) in [6, 6.07) is 64.0. The molecule has 0 fully saturated rings. The number of fused-ring (bicyclic) bond motifs is 6. The van der Waals surface area contributed by atoms with Gasteiger partial charge in [-0.15, -0.1) is 0 Å². The van der Waals surface area contributed by atoms with Gasteiger partial charge in [0.2, 0.25) is 0 Å². The predicted molar refractivity (Wildman–Crippen MR) is 210 cm³/mol. The lowest BCUT2D eigenvalue weighted by atomic mass is 9.86. The van der Waals surface area contributed by atoms with Crippen LogP contribution >= 0.6 is 0 Å². The lowest BCUT2D eigenvalue weighted by molar-refractivity contribution is 0.825. The van der Waals surface area contributed by atoms with Crippen LogP contribution in [0.3, 0.4) is 0 Å². The highest BCUT2D eigenvalue weighted by Crippen LogP contribution is 2.39. The van der Waals surface area contributed by atoms with Crippen LogP contribution in [0.5, 0.6) is 0 Å². The molecule has 1 atom stereocenters. The lowest BCUT2D eigenvalue weighted by Crippen LogP contribution is -2.07. The summed E-state index contributed by atoms with van der Waals surface area (Å²) < 4.78 is 4.78. The fraction of sp³-hybridized carbons (Fsp3) is 0.0417. The van der Waals surface area contributed by atoms with E-state index < -0.39 is 0 Å². The molecule has 0 saturated heterocycles. The molecular formula is C48H34N2. The summed E-state index contributed by atoms with van der Waals surface area (Å²) >= 11 is 0. The molecule has 0 amide bonds. The first-order chi connectivity index (χ1) is 24.8. The van der Waals surface area contributed by atoms with E-state index in [9.17, 15) is 0 Å². The number of hydrogen-bond acceptors (Lipinski definition) is 0. The summed E-state index contributed by atoms with van der Waals surface area (Å²) in [5, 5.41) is 3.89. The van der Waals surface area contributed by atoms with Crippen LogP contribution in [-0.4, -0.2) is 9.13 Å². The van der Waals surface area contributed by atoms with E-state index >= 15 is 0 Å². The Morgan fingerprint density at radius 3 is 1.70 bits per heavy atom. The summed E-state index contributed by atoms with van der Waals surface area (Å²) in [5.41, 5.74) is 15.1. The minimum absolute atomic E-state index is 0.336. The van der Waals surface area contributed by atoms with Gasteiger partial charge >= 0.3 is 0 Å². The molecule has 1 aliphatic carbocycles. The normalized spacial score (nSPS) is 14.0. The number of nitrogens with zero attached hydrogens (tertiary/aromatic N) is 2. The van der Waals surface area contributed by atoms with Crippen LogP contribution in [0, 0.1) is 0 Å². The van der Waals surface area contributed by atoms with Gasteiger partial charge in [-0.25, -0.2) is 0 Å². The SMILES string of the molecule is C1=CC(c2ccc(-c3cccc(-c4ccc5c(c4)c4ccccc4n5-c4ccccc4)c3)cc2)Cc2c1n(-c1ccccc1)c1ccccc21. The molecule has 10 rings (SSSR count). The molecule has 50 heavy (non-hydrogen) atoms. The largest absolute Gasteiger partial charge is 0.310 e. The molecule has 0 saturated carbocycles. The fourth-order valence-corrected chi connectivity index (χ4v) is 8.10. The van der Waals surface area contributed by atoms with Gasteiger partial charge in [-0.2, -0.15) is 0 Å². The van der Waals surface area contributed by atoms with E-state index in [1.165, 1.54) is 83.2 Å². The van der Waals surface area contributed by atoms with E-state index in [2.05, 4.69) is 197 Å². The Kier molecular flexibility index (Phi) is 6.67. The smallest absolute Gasteiger partial charge is 0.0541 e. The summed E-state index contributed by atoms with van der Waals surface area (Å²) in [7, 11) is 0. The minimum atomic E-state index is 0.336. The van der Waals surface area contributed by atoms with Crippen LogP contribution in [0.25, 0.3) is 72.4 Å². The summed E-state index contributed by atoms with van der Waals surface area (Å²) in [6.45, 7) is 0.